The predicted octanol–water partition coefficient (Wildman–Crippen LogP) is 5.26. The largest absolute Gasteiger partial charge is 0.486 e. The van der Waals surface area contributed by atoms with Crippen LogP contribution in [0.4, 0.5) is 36.4 Å². The lowest BCUT2D eigenvalue weighted by molar-refractivity contribution is -0.144. The summed E-state index contributed by atoms with van der Waals surface area (Å²) in [6.45, 7) is 0.628. The number of hydrogen-bond acceptors (Lipinski definition) is 7. The average molecular weight is 563 g/mol. The molecule has 7 nitrogen and oxygen atoms in total. The summed E-state index contributed by atoms with van der Waals surface area (Å²) in [6, 6.07) is 3.58. The molecule has 1 fully saturated rings. The minimum atomic E-state index is -4.63. The average Bonchev–Trinajstić information content (AvgIpc) is 3.40. The van der Waals surface area contributed by atoms with Crippen LogP contribution in [0, 0.1) is 12.7 Å². The van der Waals surface area contributed by atoms with Crippen molar-refractivity contribution in [1.29, 1.82) is 0 Å². The van der Waals surface area contributed by atoms with E-state index < -0.39 is 42.4 Å². The number of likely N-dealkylation sites (tertiary alicyclic amines) is 1. The maximum absolute atomic E-state index is 14.4. The summed E-state index contributed by atoms with van der Waals surface area (Å²) >= 11 is 0.980. The first-order valence-corrected chi connectivity index (χ1v) is 12.0. The van der Waals surface area contributed by atoms with Crippen molar-refractivity contribution in [2.45, 2.75) is 38.2 Å². The van der Waals surface area contributed by atoms with E-state index in [1.54, 1.807) is 6.92 Å². The van der Waals surface area contributed by atoms with E-state index in [0.717, 1.165) is 23.8 Å². The predicted molar refractivity (Wildman–Crippen MR) is 123 cm³/mol. The molecule has 0 bridgehead atoms. The van der Waals surface area contributed by atoms with Gasteiger partial charge in [0.05, 0.1) is 29.7 Å². The number of carbonyl (C=O) groups is 1. The Morgan fingerprint density at radius 3 is 2.61 bits per heavy atom. The Morgan fingerprint density at radius 1 is 1.18 bits per heavy atom. The third kappa shape index (κ3) is 6.95. The van der Waals surface area contributed by atoms with Crippen LogP contribution in [0.3, 0.4) is 0 Å². The smallest absolute Gasteiger partial charge is 0.434 e. The van der Waals surface area contributed by atoms with E-state index in [2.05, 4.69) is 19.7 Å². The molecule has 1 aromatic carbocycles. The first kappa shape index (κ1) is 27.7. The van der Waals surface area contributed by atoms with Crippen molar-refractivity contribution in [3.63, 3.8) is 0 Å². The third-order valence-corrected chi connectivity index (χ3v) is 6.55. The molecule has 0 radical (unpaired) electrons. The van der Waals surface area contributed by atoms with E-state index in [9.17, 15) is 35.5 Å². The van der Waals surface area contributed by atoms with Gasteiger partial charge in [-0.3, -0.25) is 14.7 Å². The second kappa shape index (κ2) is 10.8. The minimum absolute atomic E-state index is 0.00722. The van der Waals surface area contributed by atoms with Crippen LogP contribution in [0.1, 0.15) is 38.7 Å². The van der Waals surface area contributed by atoms with Gasteiger partial charge in [0.1, 0.15) is 6.10 Å². The van der Waals surface area contributed by atoms with Crippen LogP contribution in [-0.4, -0.2) is 57.1 Å². The molecule has 3 heterocycles. The van der Waals surface area contributed by atoms with Crippen molar-refractivity contribution in [3.8, 4) is 5.75 Å². The Kier molecular flexibility index (Phi) is 7.88. The molecule has 1 saturated heterocycles. The molecule has 4 rings (SSSR count). The summed E-state index contributed by atoms with van der Waals surface area (Å²) < 4.78 is 100. The standard InChI is InChI=1S/C23H20F7N5O2S/c1-12-20(18(38-34-12)7-14-8-32-19(9-31-14)23(28,29)30)21(36)33-13-2-3-16(24)17(6-13)37-15-4-5-35(10-15)11-22(25,26)27/h2-3,6,8-9,15H,4-5,7,10-11H2,1H3,(H,33,36)/t15-/m1/s1. The van der Waals surface area contributed by atoms with Crippen molar-refractivity contribution in [1.82, 2.24) is 19.2 Å². The summed E-state index contributed by atoms with van der Waals surface area (Å²) in [6.07, 6.45) is -7.77. The number of ether oxygens (including phenoxy) is 1. The molecule has 1 N–H and O–H groups in total. The highest BCUT2D eigenvalue weighted by atomic mass is 32.1. The molecule has 204 valence electrons. The fourth-order valence-electron chi connectivity index (χ4n) is 3.92. The molecule has 3 aromatic rings. The highest BCUT2D eigenvalue weighted by molar-refractivity contribution is 7.06. The molecule has 38 heavy (non-hydrogen) atoms. The lowest BCUT2D eigenvalue weighted by atomic mass is 10.1. The highest BCUT2D eigenvalue weighted by Gasteiger charge is 2.35. The zero-order chi connectivity index (χ0) is 27.7. The van der Waals surface area contributed by atoms with Gasteiger partial charge in [-0.15, -0.1) is 0 Å². The zero-order valence-corrected chi connectivity index (χ0v) is 20.5. The monoisotopic (exact) mass is 563 g/mol. The Hall–Kier alpha value is -3.33. The molecule has 0 unspecified atom stereocenters. The van der Waals surface area contributed by atoms with Gasteiger partial charge < -0.3 is 10.1 Å². The number of benzene rings is 1. The number of rotatable bonds is 7. The fourth-order valence-corrected chi connectivity index (χ4v) is 4.80. The Morgan fingerprint density at radius 2 is 1.95 bits per heavy atom. The molecule has 15 heteroatoms. The highest BCUT2D eigenvalue weighted by Crippen LogP contribution is 2.29. The number of nitrogens with zero attached hydrogens (tertiary/aromatic N) is 4. The minimum Gasteiger partial charge on any atom is -0.486 e. The van der Waals surface area contributed by atoms with E-state index in [1.165, 1.54) is 17.0 Å². The molecule has 2 aromatic heterocycles. The van der Waals surface area contributed by atoms with Gasteiger partial charge in [-0.25, -0.2) is 9.37 Å². The molecule has 0 aliphatic carbocycles. The number of hydrogen-bond donors (Lipinski definition) is 1. The van der Waals surface area contributed by atoms with Crippen LogP contribution < -0.4 is 10.1 Å². The van der Waals surface area contributed by atoms with Crippen molar-refractivity contribution >= 4 is 23.1 Å². The number of aryl methyl sites for hydroxylation is 1. The van der Waals surface area contributed by atoms with Gasteiger partial charge in [-0.1, -0.05) is 0 Å². The van der Waals surface area contributed by atoms with Crippen molar-refractivity contribution in [2.75, 3.05) is 25.0 Å². The Bertz CT molecular complexity index is 1290. The Labute approximate surface area is 215 Å². The van der Waals surface area contributed by atoms with E-state index in [-0.39, 0.29) is 48.6 Å². The number of nitrogens with one attached hydrogen (secondary N) is 1. The number of aromatic nitrogens is 3. The fraction of sp³-hybridized carbons (Fsp3) is 0.391. The number of anilines is 1. The first-order chi connectivity index (χ1) is 17.8. The second-order valence-corrected chi connectivity index (χ2v) is 9.47. The van der Waals surface area contributed by atoms with Gasteiger partial charge in [0.25, 0.3) is 5.91 Å². The molecule has 1 aliphatic rings. The second-order valence-electron chi connectivity index (χ2n) is 8.61. The number of amides is 1. The first-order valence-electron chi connectivity index (χ1n) is 11.2. The van der Waals surface area contributed by atoms with Crippen LogP contribution in [0.15, 0.2) is 30.6 Å². The molecular formula is C23H20F7N5O2S. The summed E-state index contributed by atoms with van der Waals surface area (Å²) in [4.78, 5) is 21.8. The lowest BCUT2D eigenvalue weighted by Crippen LogP contribution is -2.33. The molecule has 0 spiro atoms. The maximum Gasteiger partial charge on any atom is 0.434 e. The van der Waals surface area contributed by atoms with Crippen LogP contribution >= 0.6 is 11.5 Å². The molecule has 1 aliphatic heterocycles. The van der Waals surface area contributed by atoms with Crippen LogP contribution in [0.2, 0.25) is 0 Å². The third-order valence-electron chi connectivity index (χ3n) is 5.61. The van der Waals surface area contributed by atoms with Crippen molar-refractivity contribution < 1.29 is 40.3 Å². The molecular weight excluding hydrogens is 543 g/mol. The zero-order valence-electron chi connectivity index (χ0n) is 19.7. The SMILES string of the molecule is Cc1nsc(Cc2cnc(C(F)(F)F)cn2)c1C(=O)Nc1ccc(F)c(O[C@@H]2CCN(CC(F)(F)F)C2)c1. The van der Waals surface area contributed by atoms with E-state index in [1.807, 2.05) is 0 Å². The summed E-state index contributed by atoms with van der Waals surface area (Å²) in [7, 11) is 0. The van der Waals surface area contributed by atoms with Gasteiger partial charge in [0.15, 0.2) is 17.3 Å². The van der Waals surface area contributed by atoms with E-state index in [0.29, 0.717) is 16.8 Å². The summed E-state index contributed by atoms with van der Waals surface area (Å²) in [5.41, 5.74) is -0.217. The van der Waals surface area contributed by atoms with Gasteiger partial charge in [-0.2, -0.15) is 30.7 Å². The van der Waals surface area contributed by atoms with Gasteiger partial charge in [0.2, 0.25) is 0 Å². The quantitative estimate of drug-likeness (QED) is 0.396. The lowest BCUT2D eigenvalue weighted by Gasteiger charge is -2.18. The van der Waals surface area contributed by atoms with Crippen molar-refractivity contribution in [2.24, 2.45) is 0 Å². The van der Waals surface area contributed by atoms with Gasteiger partial charge >= 0.3 is 12.4 Å². The Balaban J connectivity index is 1.44. The number of carbonyl (C=O) groups excluding carboxylic acids is 1. The van der Waals surface area contributed by atoms with Crippen LogP contribution in [-0.2, 0) is 12.6 Å². The van der Waals surface area contributed by atoms with Crippen molar-refractivity contribution in [3.05, 3.63) is 63.9 Å². The van der Waals surface area contributed by atoms with Crippen LogP contribution in [0.25, 0.3) is 0 Å². The topological polar surface area (TPSA) is 80.2 Å². The number of halogens is 7. The van der Waals surface area contributed by atoms with E-state index >= 15 is 0 Å². The molecule has 0 saturated carbocycles. The van der Waals surface area contributed by atoms with Gasteiger partial charge in [-0.05, 0) is 37.0 Å². The van der Waals surface area contributed by atoms with Crippen LogP contribution in [0.5, 0.6) is 5.75 Å². The summed E-state index contributed by atoms with van der Waals surface area (Å²) in [5, 5.41) is 2.61. The van der Waals surface area contributed by atoms with E-state index in [4.69, 9.17) is 4.74 Å². The molecule has 1 amide bonds. The normalized spacial score (nSPS) is 16.6. The van der Waals surface area contributed by atoms with Gasteiger partial charge in [0, 0.05) is 42.3 Å². The summed E-state index contributed by atoms with van der Waals surface area (Å²) in [5.74, 6) is -1.56. The molecule has 1 atom stereocenters. The maximum atomic E-state index is 14.4. The number of alkyl halides is 6.